The van der Waals surface area contributed by atoms with Crippen LogP contribution in [0.1, 0.15) is 0 Å². The van der Waals surface area contributed by atoms with Crippen molar-refractivity contribution in [1.82, 2.24) is 0 Å². The predicted molar refractivity (Wildman–Crippen MR) is 51.2 cm³/mol. The van der Waals surface area contributed by atoms with E-state index in [-0.39, 0.29) is 6.54 Å². The van der Waals surface area contributed by atoms with Crippen molar-refractivity contribution in [2.24, 2.45) is 5.73 Å². The molecule has 8 N–H and O–H groups in total. The molecule has 0 aliphatic heterocycles. The molecule has 0 aromatic heterocycles. The van der Waals surface area contributed by atoms with Gasteiger partial charge in [-0.3, -0.25) is 4.79 Å². The standard InChI is InChI=1S/C8H17NO7/c9-1-3(11)5(13)7(15)8(16)6(14)4(12)2-10/h3,5-8,10-11,13-16H,1-2,9H2/t3-,5-,6-,7-,8-/m1/s1. The van der Waals surface area contributed by atoms with Crippen molar-refractivity contribution >= 4 is 5.78 Å². The van der Waals surface area contributed by atoms with Crippen LogP contribution in [0.5, 0.6) is 0 Å². The van der Waals surface area contributed by atoms with Gasteiger partial charge in [0.05, 0.1) is 6.10 Å². The van der Waals surface area contributed by atoms with E-state index in [2.05, 4.69) is 0 Å². The lowest BCUT2D eigenvalue weighted by atomic mass is 9.97. The summed E-state index contributed by atoms with van der Waals surface area (Å²) in [5, 5.41) is 54.4. The minimum atomic E-state index is -2.04. The summed E-state index contributed by atoms with van der Waals surface area (Å²) < 4.78 is 0. The number of aliphatic hydroxyl groups excluding tert-OH is 6. The molecule has 0 rings (SSSR count). The number of Topliss-reactive ketones (excluding diaryl/α,β-unsaturated/α-hetero) is 1. The van der Waals surface area contributed by atoms with Crippen LogP contribution in [0.3, 0.4) is 0 Å². The molecule has 0 saturated carbocycles. The maximum Gasteiger partial charge on any atom is 0.189 e. The summed E-state index contributed by atoms with van der Waals surface area (Å²) in [6, 6.07) is 0. The van der Waals surface area contributed by atoms with Crippen molar-refractivity contribution in [3.05, 3.63) is 0 Å². The molecule has 0 heterocycles. The summed E-state index contributed by atoms with van der Waals surface area (Å²) in [6.07, 6.45) is -9.32. The lowest BCUT2D eigenvalue weighted by Crippen LogP contribution is -2.53. The molecule has 0 spiro atoms. The van der Waals surface area contributed by atoms with E-state index in [1.807, 2.05) is 0 Å². The fourth-order valence-electron chi connectivity index (χ4n) is 1.04. The normalized spacial score (nSPS) is 20.9. The fraction of sp³-hybridized carbons (Fsp3) is 0.875. The average molecular weight is 239 g/mol. The van der Waals surface area contributed by atoms with Crippen LogP contribution in [-0.2, 0) is 4.79 Å². The molecule has 0 radical (unpaired) electrons. The summed E-state index contributed by atoms with van der Waals surface area (Å²) in [5.41, 5.74) is 5.00. The zero-order valence-corrected chi connectivity index (χ0v) is 8.47. The van der Waals surface area contributed by atoms with Gasteiger partial charge in [-0.1, -0.05) is 0 Å². The number of rotatable bonds is 7. The highest BCUT2D eigenvalue weighted by Crippen LogP contribution is 2.08. The first-order chi connectivity index (χ1) is 7.36. The van der Waals surface area contributed by atoms with Crippen LogP contribution >= 0.6 is 0 Å². The quantitative estimate of drug-likeness (QED) is 0.233. The smallest absolute Gasteiger partial charge is 0.189 e. The Bertz CT molecular complexity index is 224. The van der Waals surface area contributed by atoms with Crippen molar-refractivity contribution in [3.8, 4) is 0 Å². The van der Waals surface area contributed by atoms with Gasteiger partial charge in [0.2, 0.25) is 0 Å². The van der Waals surface area contributed by atoms with Gasteiger partial charge in [0, 0.05) is 6.54 Å². The second kappa shape index (κ2) is 6.86. The maximum absolute atomic E-state index is 10.8. The van der Waals surface area contributed by atoms with Gasteiger partial charge < -0.3 is 36.4 Å². The monoisotopic (exact) mass is 239 g/mol. The number of ketones is 1. The average Bonchev–Trinajstić information content (AvgIpc) is 2.32. The molecule has 0 aromatic carbocycles. The summed E-state index contributed by atoms with van der Waals surface area (Å²) >= 11 is 0. The third-order valence-electron chi connectivity index (χ3n) is 2.14. The van der Waals surface area contributed by atoms with E-state index < -0.39 is 42.9 Å². The highest BCUT2D eigenvalue weighted by molar-refractivity contribution is 5.84. The van der Waals surface area contributed by atoms with E-state index in [0.29, 0.717) is 0 Å². The molecule has 96 valence electrons. The van der Waals surface area contributed by atoms with Crippen molar-refractivity contribution in [1.29, 1.82) is 0 Å². The topological polar surface area (TPSA) is 164 Å². The third-order valence-corrected chi connectivity index (χ3v) is 2.14. The van der Waals surface area contributed by atoms with E-state index in [1.54, 1.807) is 0 Å². The SMILES string of the molecule is NC[C@@H](O)[C@@H](O)[C@@H](O)[C@H](O)[C@H](O)C(=O)CO. The van der Waals surface area contributed by atoms with Gasteiger partial charge in [-0.25, -0.2) is 0 Å². The molecule has 0 aromatic rings. The van der Waals surface area contributed by atoms with Gasteiger partial charge >= 0.3 is 0 Å². The van der Waals surface area contributed by atoms with E-state index >= 15 is 0 Å². The molecule has 0 fully saturated rings. The molecule has 0 amide bonds. The van der Waals surface area contributed by atoms with Crippen molar-refractivity contribution in [3.63, 3.8) is 0 Å². The molecule has 8 nitrogen and oxygen atoms in total. The van der Waals surface area contributed by atoms with Gasteiger partial charge in [0.25, 0.3) is 0 Å². The molecule has 5 atom stereocenters. The number of aliphatic hydroxyl groups is 6. The first-order valence-electron chi connectivity index (χ1n) is 4.60. The second-order valence-corrected chi connectivity index (χ2v) is 3.34. The number of hydrogen-bond acceptors (Lipinski definition) is 8. The molecule has 0 aliphatic carbocycles. The molecule has 8 heteroatoms. The molecule has 0 saturated heterocycles. The Morgan fingerprint density at radius 1 is 1.00 bits per heavy atom. The van der Waals surface area contributed by atoms with Gasteiger partial charge in [-0.2, -0.15) is 0 Å². The Labute approximate surface area is 91.6 Å². The van der Waals surface area contributed by atoms with Crippen LogP contribution in [0.4, 0.5) is 0 Å². The lowest BCUT2D eigenvalue weighted by molar-refractivity contribution is -0.154. The maximum atomic E-state index is 10.8. The number of carbonyl (C=O) groups is 1. The van der Waals surface area contributed by atoms with Gasteiger partial charge in [-0.05, 0) is 0 Å². The van der Waals surface area contributed by atoms with E-state index in [9.17, 15) is 20.1 Å². The van der Waals surface area contributed by atoms with E-state index in [4.69, 9.17) is 21.1 Å². The van der Waals surface area contributed by atoms with Crippen LogP contribution in [0.2, 0.25) is 0 Å². The summed E-state index contributed by atoms with van der Waals surface area (Å²) in [5.74, 6) is -1.11. The number of carbonyl (C=O) groups excluding carboxylic acids is 1. The fourth-order valence-corrected chi connectivity index (χ4v) is 1.04. The molecular formula is C8H17NO7. The first kappa shape index (κ1) is 15.4. The van der Waals surface area contributed by atoms with Crippen molar-refractivity contribution in [2.45, 2.75) is 30.5 Å². The summed E-state index contributed by atoms with van der Waals surface area (Å²) in [6.45, 7) is -1.38. The van der Waals surface area contributed by atoms with Gasteiger partial charge in [-0.15, -0.1) is 0 Å². The molecule has 16 heavy (non-hydrogen) atoms. The van der Waals surface area contributed by atoms with Crippen LogP contribution < -0.4 is 5.73 Å². The molecular weight excluding hydrogens is 222 g/mol. The highest BCUT2D eigenvalue weighted by Gasteiger charge is 2.36. The van der Waals surface area contributed by atoms with Crippen LogP contribution in [0, 0.1) is 0 Å². The van der Waals surface area contributed by atoms with Gasteiger partial charge in [0.1, 0.15) is 31.0 Å². The largest absolute Gasteiger partial charge is 0.389 e. The van der Waals surface area contributed by atoms with Crippen LogP contribution in [0.25, 0.3) is 0 Å². The second-order valence-electron chi connectivity index (χ2n) is 3.34. The zero-order chi connectivity index (χ0) is 12.9. The Kier molecular flexibility index (Phi) is 6.60. The Morgan fingerprint density at radius 3 is 1.88 bits per heavy atom. The van der Waals surface area contributed by atoms with Crippen LogP contribution in [-0.4, -0.2) is 80.1 Å². The minimum Gasteiger partial charge on any atom is -0.389 e. The Balaban J connectivity index is 4.47. The molecule has 0 unspecified atom stereocenters. The summed E-state index contributed by atoms with van der Waals surface area (Å²) in [7, 11) is 0. The van der Waals surface area contributed by atoms with Crippen molar-refractivity contribution in [2.75, 3.05) is 13.2 Å². The van der Waals surface area contributed by atoms with Crippen molar-refractivity contribution < 1.29 is 35.4 Å². The highest BCUT2D eigenvalue weighted by atomic mass is 16.4. The van der Waals surface area contributed by atoms with E-state index in [1.165, 1.54) is 0 Å². The third kappa shape index (κ3) is 3.76. The Morgan fingerprint density at radius 2 is 1.50 bits per heavy atom. The Hall–Kier alpha value is -0.610. The molecule has 0 aliphatic rings. The minimum absolute atomic E-state index is 0.366. The number of hydrogen-bond donors (Lipinski definition) is 7. The van der Waals surface area contributed by atoms with Crippen LogP contribution in [0.15, 0.2) is 0 Å². The first-order valence-corrected chi connectivity index (χ1v) is 4.60. The predicted octanol–water partition coefficient (Wildman–Crippen LogP) is -4.69. The lowest BCUT2D eigenvalue weighted by Gasteiger charge is -2.27. The van der Waals surface area contributed by atoms with E-state index in [0.717, 1.165) is 0 Å². The zero-order valence-electron chi connectivity index (χ0n) is 8.47. The van der Waals surface area contributed by atoms with Gasteiger partial charge in [0.15, 0.2) is 5.78 Å². The number of nitrogens with two attached hydrogens (primary N) is 1. The summed E-state index contributed by atoms with van der Waals surface area (Å²) in [4.78, 5) is 10.8. The molecule has 0 bridgehead atoms.